The third-order valence-electron chi connectivity index (χ3n) is 8.78. The van der Waals surface area contributed by atoms with Gasteiger partial charge in [-0.05, 0) is 77.9 Å². The fourth-order valence-corrected chi connectivity index (χ4v) is 6.77. The van der Waals surface area contributed by atoms with E-state index in [0.717, 1.165) is 22.3 Å². The van der Waals surface area contributed by atoms with Gasteiger partial charge in [0.2, 0.25) is 0 Å². The van der Waals surface area contributed by atoms with Crippen LogP contribution in [0.4, 0.5) is 0 Å². The van der Waals surface area contributed by atoms with E-state index in [0.29, 0.717) is 0 Å². The van der Waals surface area contributed by atoms with Crippen LogP contribution in [-0.2, 0) is 0 Å². The van der Waals surface area contributed by atoms with E-state index >= 15 is 0 Å². The number of rotatable bonds is 4. The third-order valence-corrected chi connectivity index (χ3v) is 8.78. The van der Waals surface area contributed by atoms with Gasteiger partial charge in [-0.25, -0.2) is 0 Å². The molecule has 3 heterocycles. The van der Waals surface area contributed by atoms with Crippen molar-refractivity contribution < 1.29 is 0 Å². The lowest BCUT2D eigenvalue weighted by Crippen LogP contribution is -1.93. The minimum Gasteiger partial charge on any atom is -0.309 e. The Kier molecular flexibility index (Phi) is 5.50. The molecule has 0 saturated carbocycles. The highest BCUT2D eigenvalue weighted by Crippen LogP contribution is 2.37. The van der Waals surface area contributed by atoms with Crippen LogP contribution in [-0.4, -0.2) is 14.1 Å². The maximum Gasteiger partial charge on any atom is 0.0541 e. The molecule has 9 aromatic rings. The Morgan fingerprint density at radius 3 is 1.20 bits per heavy atom. The molecule has 0 saturated heterocycles. The van der Waals surface area contributed by atoms with Crippen LogP contribution in [0.5, 0.6) is 0 Å². The molecular formula is C41H27N3. The van der Waals surface area contributed by atoms with Crippen molar-refractivity contribution >= 4 is 43.6 Å². The summed E-state index contributed by atoms with van der Waals surface area (Å²) in [5.74, 6) is 0. The van der Waals surface area contributed by atoms with E-state index in [1.54, 1.807) is 0 Å². The van der Waals surface area contributed by atoms with E-state index in [9.17, 15) is 0 Å². The molecule has 0 aliphatic rings. The van der Waals surface area contributed by atoms with Crippen LogP contribution in [0.15, 0.2) is 164 Å². The Morgan fingerprint density at radius 1 is 0.318 bits per heavy atom. The summed E-state index contributed by atoms with van der Waals surface area (Å²) in [6.07, 6.45) is 3.95. The molecular weight excluding hydrogens is 534 g/mol. The molecule has 0 fully saturated rings. The van der Waals surface area contributed by atoms with Gasteiger partial charge >= 0.3 is 0 Å². The first-order valence-corrected chi connectivity index (χ1v) is 15.0. The Balaban J connectivity index is 1.18. The van der Waals surface area contributed by atoms with Gasteiger partial charge in [-0.3, -0.25) is 4.98 Å². The second-order valence-corrected chi connectivity index (χ2v) is 11.3. The Bertz CT molecular complexity index is 2310. The predicted octanol–water partition coefficient (Wildman–Crippen LogP) is 10.6. The number of benzene rings is 6. The highest BCUT2D eigenvalue weighted by molar-refractivity contribution is 6.11. The maximum atomic E-state index is 4.72. The SMILES string of the molecule is c1ccc(-n2c3ccccc3c3cc(-c4cncc(-c5ccc6c(c5)c5ccccc5n6-c5ccccc5)c4)ccc32)cc1. The zero-order valence-corrected chi connectivity index (χ0v) is 23.9. The van der Waals surface area contributed by atoms with Crippen LogP contribution in [0.3, 0.4) is 0 Å². The fourth-order valence-electron chi connectivity index (χ4n) is 6.77. The van der Waals surface area contributed by atoms with Gasteiger partial charge in [0.05, 0.1) is 22.1 Å². The molecule has 44 heavy (non-hydrogen) atoms. The molecule has 0 spiro atoms. The van der Waals surface area contributed by atoms with Gasteiger partial charge in [0.1, 0.15) is 0 Å². The van der Waals surface area contributed by atoms with Gasteiger partial charge in [-0.1, -0.05) is 84.9 Å². The van der Waals surface area contributed by atoms with Crippen LogP contribution < -0.4 is 0 Å². The first-order chi connectivity index (χ1) is 21.8. The molecule has 0 unspecified atom stereocenters. The normalized spacial score (nSPS) is 11.6. The molecule has 0 bridgehead atoms. The molecule has 9 rings (SSSR count). The van der Waals surface area contributed by atoms with Gasteiger partial charge in [0, 0.05) is 56.4 Å². The molecule has 0 aliphatic carbocycles. The van der Waals surface area contributed by atoms with Gasteiger partial charge in [-0.15, -0.1) is 0 Å². The zero-order valence-electron chi connectivity index (χ0n) is 23.9. The molecule has 3 aromatic heterocycles. The summed E-state index contributed by atoms with van der Waals surface area (Å²) in [5, 5.41) is 4.97. The van der Waals surface area contributed by atoms with Crippen molar-refractivity contribution in [1.82, 2.24) is 14.1 Å². The van der Waals surface area contributed by atoms with Crippen LogP contribution >= 0.6 is 0 Å². The first kappa shape index (κ1) is 24.6. The maximum absolute atomic E-state index is 4.72. The minimum absolute atomic E-state index is 1.10. The molecule has 0 atom stereocenters. The van der Waals surface area contributed by atoms with Crippen molar-refractivity contribution in [3.05, 3.63) is 164 Å². The predicted molar refractivity (Wildman–Crippen MR) is 184 cm³/mol. The number of hydrogen-bond donors (Lipinski definition) is 0. The summed E-state index contributed by atoms with van der Waals surface area (Å²) < 4.78 is 4.70. The molecule has 3 heteroatoms. The molecule has 0 N–H and O–H groups in total. The average molecular weight is 562 g/mol. The fraction of sp³-hybridized carbons (Fsp3) is 0. The standard InChI is InChI=1S/C41H27N3/c1-3-11-32(12-4-1)43-38-17-9-7-15-34(38)36-24-28(19-21-40(36)43)30-23-31(27-42-26-30)29-20-22-41-37(25-29)35-16-8-10-18-39(35)44(41)33-13-5-2-6-14-33/h1-27H. The number of pyridine rings is 1. The number of hydrogen-bond acceptors (Lipinski definition) is 1. The van der Waals surface area contributed by atoms with Gasteiger partial charge in [-0.2, -0.15) is 0 Å². The smallest absolute Gasteiger partial charge is 0.0541 e. The molecule has 6 aromatic carbocycles. The summed E-state index contributed by atoms with van der Waals surface area (Å²) in [4.78, 5) is 4.72. The lowest BCUT2D eigenvalue weighted by Gasteiger charge is -2.09. The lowest BCUT2D eigenvalue weighted by molar-refractivity contribution is 1.18. The van der Waals surface area contributed by atoms with E-state index < -0.39 is 0 Å². The Hall–Kier alpha value is -5.93. The number of fused-ring (bicyclic) bond motifs is 6. The van der Waals surface area contributed by atoms with E-state index in [2.05, 4.69) is 161 Å². The summed E-state index contributed by atoms with van der Waals surface area (Å²) in [6.45, 7) is 0. The molecule has 206 valence electrons. The van der Waals surface area contributed by atoms with Gasteiger partial charge in [0.25, 0.3) is 0 Å². The lowest BCUT2D eigenvalue weighted by atomic mass is 9.99. The summed E-state index contributed by atoms with van der Waals surface area (Å²) in [7, 11) is 0. The third kappa shape index (κ3) is 3.80. The van der Waals surface area contributed by atoms with E-state index in [4.69, 9.17) is 4.98 Å². The van der Waals surface area contributed by atoms with Crippen molar-refractivity contribution in [2.45, 2.75) is 0 Å². The van der Waals surface area contributed by atoms with Crippen molar-refractivity contribution in [3.63, 3.8) is 0 Å². The van der Waals surface area contributed by atoms with E-state index in [1.807, 2.05) is 12.4 Å². The summed E-state index contributed by atoms with van der Waals surface area (Å²) in [6, 6.07) is 54.3. The second kappa shape index (κ2) is 9.82. The van der Waals surface area contributed by atoms with Crippen LogP contribution in [0, 0.1) is 0 Å². The van der Waals surface area contributed by atoms with E-state index in [-0.39, 0.29) is 0 Å². The summed E-state index contributed by atoms with van der Waals surface area (Å²) in [5.41, 5.74) is 11.7. The monoisotopic (exact) mass is 561 g/mol. The number of para-hydroxylation sites is 4. The quantitative estimate of drug-likeness (QED) is 0.210. The minimum atomic E-state index is 1.10. The average Bonchev–Trinajstić information content (AvgIpc) is 3.61. The van der Waals surface area contributed by atoms with Gasteiger partial charge < -0.3 is 9.13 Å². The molecule has 0 aliphatic heterocycles. The van der Waals surface area contributed by atoms with Crippen molar-refractivity contribution in [2.75, 3.05) is 0 Å². The Morgan fingerprint density at radius 2 is 0.727 bits per heavy atom. The summed E-state index contributed by atoms with van der Waals surface area (Å²) >= 11 is 0. The number of aromatic nitrogens is 3. The van der Waals surface area contributed by atoms with Crippen LogP contribution in [0.2, 0.25) is 0 Å². The van der Waals surface area contributed by atoms with Crippen molar-refractivity contribution in [2.24, 2.45) is 0 Å². The van der Waals surface area contributed by atoms with Crippen LogP contribution in [0.25, 0.3) is 77.2 Å². The number of nitrogens with zero attached hydrogens (tertiary/aromatic N) is 3. The van der Waals surface area contributed by atoms with Gasteiger partial charge in [0.15, 0.2) is 0 Å². The van der Waals surface area contributed by atoms with Crippen molar-refractivity contribution in [3.8, 4) is 33.6 Å². The van der Waals surface area contributed by atoms with E-state index in [1.165, 1.54) is 55.0 Å². The van der Waals surface area contributed by atoms with Crippen molar-refractivity contribution in [1.29, 1.82) is 0 Å². The van der Waals surface area contributed by atoms with Crippen LogP contribution in [0.1, 0.15) is 0 Å². The zero-order chi connectivity index (χ0) is 29.0. The highest BCUT2D eigenvalue weighted by atomic mass is 15.0. The molecule has 0 amide bonds. The molecule has 3 nitrogen and oxygen atoms in total. The second-order valence-electron chi connectivity index (χ2n) is 11.3. The highest BCUT2D eigenvalue weighted by Gasteiger charge is 2.15. The topological polar surface area (TPSA) is 22.8 Å². The molecule has 0 radical (unpaired) electrons. The first-order valence-electron chi connectivity index (χ1n) is 15.0. The largest absolute Gasteiger partial charge is 0.309 e. The Labute approximate surface area is 254 Å².